The fraction of sp³-hybridized carbons (Fsp3) is 0.321. The molecule has 2 aromatic carbocycles. The maximum atomic E-state index is 13.4. The fourth-order valence-corrected chi connectivity index (χ4v) is 6.75. The number of halogens is 3. The molecule has 10 heteroatoms. The third-order valence-electron chi connectivity index (χ3n) is 7.77. The summed E-state index contributed by atoms with van der Waals surface area (Å²) in [7, 11) is -3.63. The Balaban J connectivity index is 1.07. The SMILES string of the molecule is O=S(=O)(c1ccc(-c2ccc3nccn3c2)cc1)N1CCC(Nc2ccc(C3(C(F)(F)F)CC3)cc2)CC1. The highest BCUT2D eigenvalue weighted by Crippen LogP contribution is 2.58. The van der Waals surface area contributed by atoms with E-state index >= 15 is 0 Å². The van der Waals surface area contributed by atoms with E-state index in [1.165, 1.54) is 4.31 Å². The Bertz CT molecular complexity index is 1550. The molecule has 0 bridgehead atoms. The third kappa shape index (κ3) is 4.45. The van der Waals surface area contributed by atoms with E-state index in [2.05, 4.69) is 10.3 Å². The lowest BCUT2D eigenvalue weighted by Gasteiger charge is -2.32. The van der Waals surface area contributed by atoms with Gasteiger partial charge >= 0.3 is 6.18 Å². The highest BCUT2D eigenvalue weighted by atomic mass is 32.2. The molecular formula is C28H27F3N4O2S. The Morgan fingerprint density at radius 1 is 0.895 bits per heavy atom. The molecule has 1 aliphatic heterocycles. The zero-order chi connectivity index (χ0) is 26.5. The van der Waals surface area contributed by atoms with Crippen LogP contribution in [0.5, 0.6) is 0 Å². The van der Waals surface area contributed by atoms with Gasteiger partial charge in [0, 0.05) is 43.4 Å². The number of nitrogens with one attached hydrogen (secondary N) is 1. The highest BCUT2D eigenvalue weighted by Gasteiger charge is 2.64. The van der Waals surface area contributed by atoms with Crippen LogP contribution in [0.2, 0.25) is 0 Å². The van der Waals surface area contributed by atoms with Crippen LogP contribution < -0.4 is 5.32 Å². The predicted molar refractivity (Wildman–Crippen MR) is 139 cm³/mol. The number of fused-ring (bicyclic) bond motifs is 1. The zero-order valence-electron chi connectivity index (χ0n) is 20.5. The first kappa shape index (κ1) is 24.9. The van der Waals surface area contributed by atoms with Crippen molar-refractivity contribution in [1.82, 2.24) is 13.7 Å². The summed E-state index contributed by atoms with van der Waals surface area (Å²) in [5.74, 6) is 0. The fourth-order valence-electron chi connectivity index (χ4n) is 5.28. The smallest absolute Gasteiger partial charge is 0.382 e. The van der Waals surface area contributed by atoms with Crippen molar-refractivity contribution >= 4 is 21.4 Å². The molecule has 38 heavy (non-hydrogen) atoms. The number of sulfonamides is 1. The molecule has 4 aromatic rings. The number of aromatic nitrogens is 2. The Labute approximate surface area is 219 Å². The first-order valence-corrected chi connectivity index (χ1v) is 14.1. The highest BCUT2D eigenvalue weighted by molar-refractivity contribution is 7.89. The van der Waals surface area contributed by atoms with Crippen molar-refractivity contribution in [1.29, 1.82) is 0 Å². The van der Waals surface area contributed by atoms with Gasteiger partial charge in [0.1, 0.15) is 5.65 Å². The summed E-state index contributed by atoms with van der Waals surface area (Å²) < 4.78 is 70.1. The standard InChI is InChI=1S/C28H27F3N4O2S/c29-28(30,31)27(13-14-27)22-4-6-23(7-5-22)33-24-11-16-35(17-12-24)38(36,37)25-8-1-20(2-9-25)21-3-10-26-32-15-18-34(26)19-21/h1-10,15,18-19,24,33H,11-14,16-17H2. The normalized spacial score (nSPS) is 18.5. The summed E-state index contributed by atoms with van der Waals surface area (Å²) in [6, 6.07) is 17.3. The van der Waals surface area contributed by atoms with Crippen LogP contribution in [-0.4, -0.2) is 47.4 Å². The van der Waals surface area contributed by atoms with E-state index in [0.717, 1.165) is 22.5 Å². The molecule has 2 fully saturated rings. The van der Waals surface area contributed by atoms with E-state index in [0.29, 0.717) is 31.5 Å². The second-order valence-electron chi connectivity index (χ2n) is 10.1. The lowest BCUT2D eigenvalue weighted by molar-refractivity contribution is -0.160. The molecule has 198 valence electrons. The molecular weight excluding hydrogens is 513 g/mol. The molecule has 0 unspecified atom stereocenters. The molecule has 1 saturated heterocycles. The average molecular weight is 541 g/mol. The molecule has 1 aliphatic carbocycles. The summed E-state index contributed by atoms with van der Waals surface area (Å²) >= 11 is 0. The number of alkyl halides is 3. The lowest BCUT2D eigenvalue weighted by Crippen LogP contribution is -2.42. The second kappa shape index (κ2) is 9.13. The molecule has 2 aromatic heterocycles. The van der Waals surface area contributed by atoms with Crippen molar-refractivity contribution in [3.63, 3.8) is 0 Å². The first-order valence-electron chi connectivity index (χ1n) is 12.6. The molecule has 1 saturated carbocycles. The molecule has 0 amide bonds. The molecule has 0 atom stereocenters. The van der Waals surface area contributed by atoms with Crippen LogP contribution in [0, 0.1) is 0 Å². The monoisotopic (exact) mass is 540 g/mol. The summed E-state index contributed by atoms with van der Waals surface area (Å²) in [6.45, 7) is 0.739. The van der Waals surface area contributed by atoms with Gasteiger partial charge in [-0.15, -0.1) is 0 Å². The van der Waals surface area contributed by atoms with Crippen LogP contribution in [0.25, 0.3) is 16.8 Å². The van der Waals surface area contributed by atoms with Crippen LogP contribution in [0.4, 0.5) is 18.9 Å². The Morgan fingerprint density at radius 2 is 1.55 bits per heavy atom. The van der Waals surface area contributed by atoms with Crippen molar-refractivity contribution in [3.05, 3.63) is 84.8 Å². The van der Waals surface area contributed by atoms with Gasteiger partial charge in [0.15, 0.2) is 0 Å². The largest absolute Gasteiger partial charge is 0.398 e. The summed E-state index contributed by atoms with van der Waals surface area (Å²) in [6.07, 6.45) is 2.81. The molecule has 3 heterocycles. The number of hydrogen-bond donors (Lipinski definition) is 1. The Kier molecular flexibility index (Phi) is 5.99. The van der Waals surface area contributed by atoms with Crippen molar-refractivity contribution < 1.29 is 21.6 Å². The molecule has 1 N–H and O–H groups in total. The summed E-state index contributed by atoms with van der Waals surface area (Å²) in [4.78, 5) is 4.49. The number of pyridine rings is 1. The van der Waals surface area contributed by atoms with Gasteiger partial charge in [-0.05, 0) is 78.8 Å². The quantitative estimate of drug-likeness (QED) is 0.333. The number of nitrogens with zero attached hydrogens (tertiary/aromatic N) is 3. The van der Waals surface area contributed by atoms with Crippen molar-refractivity contribution in [2.75, 3.05) is 18.4 Å². The molecule has 0 radical (unpaired) electrons. The van der Waals surface area contributed by atoms with Crippen LogP contribution in [-0.2, 0) is 15.4 Å². The number of hydrogen-bond acceptors (Lipinski definition) is 4. The van der Waals surface area contributed by atoms with E-state index in [4.69, 9.17) is 0 Å². The number of piperidine rings is 1. The number of benzene rings is 2. The maximum absolute atomic E-state index is 13.4. The molecule has 6 nitrogen and oxygen atoms in total. The van der Waals surface area contributed by atoms with E-state index in [1.54, 1.807) is 42.6 Å². The van der Waals surface area contributed by atoms with E-state index < -0.39 is 21.6 Å². The molecule has 2 aliphatic rings. The zero-order valence-corrected chi connectivity index (χ0v) is 21.3. The Morgan fingerprint density at radius 3 is 2.18 bits per heavy atom. The van der Waals surface area contributed by atoms with Crippen molar-refractivity contribution in [2.45, 2.75) is 48.2 Å². The van der Waals surface area contributed by atoms with E-state index in [9.17, 15) is 21.6 Å². The maximum Gasteiger partial charge on any atom is 0.398 e. The Hall–Kier alpha value is -3.37. The van der Waals surface area contributed by atoms with Crippen LogP contribution in [0.3, 0.4) is 0 Å². The number of anilines is 1. The van der Waals surface area contributed by atoms with Gasteiger partial charge in [-0.1, -0.05) is 24.3 Å². The number of imidazole rings is 1. The van der Waals surface area contributed by atoms with Crippen LogP contribution in [0.1, 0.15) is 31.2 Å². The van der Waals surface area contributed by atoms with Crippen LogP contribution >= 0.6 is 0 Å². The minimum atomic E-state index is -4.23. The van der Waals surface area contributed by atoms with Gasteiger partial charge in [-0.25, -0.2) is 13.4 Å². The van der Waals surface area contributed by atoms with Gasteiger partial charge in [-0.2, -0.15) is 17.5 Å². The summed E-state index contributed by atoms with van der Waals surface area (Å²) in [5, 5.41) is 3.36. The molecule has 6 rings (SSSR count). The van der Waals surface area contributed by atoms with Crippen molar-refractivity contribution in [3.8, 4) is 11.1 Å². The molecule has 0 spiro atoms. The minimum absolute atomic E-state index is 0.0465. The third-order valence-corrected chi connectivity index (χ3v) is 9.68. The number of rotatable bonds is 6. The predicted octanol–water partition coefficient (Wildman–Crippen LogP) is 5.86. The minimum Gasteiger partial charge on any atom is -0.382 e. The average Bonchev–Trinajstić information content (AvgIpc) is 3.61. The second-order valence-corrected chi connectivity index (χ2v) is 12.1. The van der Waals surface area contributed by atoms with Gasteiger partial charge in [-0.3, -0.25) is 0 Å². The topological polar surface area (TPSA) is 66.7 Å². The van der Waals surface area contributed by atoms with Crippen LogP contribution in [0.15, 0.2) is 84.1 Å². The van der Waals surface area contributed by atoms with Gasteiger partial charge in [0.05, 0.1) is 10.3 Å². The van der Waals surface area contributed by atoms with Gasteiger partial charge < -0.3 is 9.72 Å². The van der Waals surface area contributed by atoms with Gasteiger partial charge in [0.25, 0.3) is 0 Å². The van der Waals surface area contributed by atoms with Crippen molar-refractivity contribution in [2.24, 2.45) is 0 Å². The first-order chi connectivity index (χ1) is 18.2. The van der Waals surface area contributed by atoms with E-state index in [-0.39, 0.29) is 23.8 Å². The lowest BCUT2D eigenvalue weighted by atomic mass is 9.95. The van der Waals surface area contributed by atoms with Gasteiger partial charge in [0.2, 0.25) is 10.0 Å². The van der Waals surface area contributed by atoms with E-state index in [1.807, 2.05) is 41.1 Å². The summed E-state index contributed by atoms with van der Waals surface area (Å²) in [5.41, 5.74) is 2.09.